The van der Waals surface area contributed by atoms with Crippen LogP contribution in [0.1, 0.15) is 98.0 Å². The van der Waals surface area contributed by atoms with E-state index in [9.17, 15) is 9.59 Å². The van der Waals surface area contributed by atoms with Gasteiger partial charge in [-0.3, -0.25) is 4.79 Å². The van der Waals surface area contributed by atoms with Gasteiger partial charge in [-0.05, 0) is 87.6 Å². The number of hydrogen-bond donors (Lipinski definition) is 1. The molecule has 12 heteroatoms. The van der Waals surface area contributed by atoms with Crippen molar-refractivity contribution >= 4 is 40.5 Å². The summed E-state index contributed by atoms with van der Waals surface area (Å²) in [6.07, 6.45) is 5.84. The van der Waals surface area contributed by atoms with E-state index in [-0.39, 0.29) is 52.6 Å². The Kier molecular flexibility index (Phi) is 12.5. The number of aryl methyl sites for hydroxylation is 1. The summed E-state index contributed by atoms with van der Waals surface area (Å²) in [5.41, 5.74) is 2.33. The summed E-state index contributed by atoms with van der Waals surface area (Å²) in [5.74, 6) is 2.04. The maximum atomic E-state index is 14.2. The maximum absolute atomic E-state index is 14.2. The highest BCUT2D eigenvalue weighted by molar-refractivity contribution is 6.29. The normalized spacial score (nSPS) is 20.4. The van der Waals surface area contributed by atoms with Crippen molar-refractivity contribution in [3.8, 4) is 17.1 Å². The number of unbranched alkanes of at least 4 members (excludes halogenated alkanes) is 2. The van der Waals surface area contributed by atoms with Gasteiger partial charge in [-0.1, -0.05) is 47.5 Å². The van der Waals surface area contributed by atoms with Crippen LogP contribution in [-0.4, -0.2) is 63.8 Å². The van der Waals surface area contributed by atoms with Crippen molar-refractivity contribution in [2.24, 2.45) is 22.7 Å². The van der Waals surface area contributed by atoms with E-state index < -0.39 is 5.97 Å². The van der Waals surface area contributed by atoms with Gasteiger partial charge < -0.3 is 19.7 Å². The van der Waals surface area contributed by atoms with Crippen LogP contribution in [0.15, 0.2) is 41.0 Å². The highest BCUT2D eigenvalue weighted by Gasteiger charge is 2.41. The van der Waals surface area contributed by atoms with E-state index in [0.717, 1.165) is 57.4 Å². The van der Waals surface area contributed by atoms with Crippen molar-refractivity contribution in [2.75, 3.05) is 30.4 Å². The lowest BCUT2D eigenvalue weighted by Crippen LogP contribution is -2.37. The predicted molar refractivity (Wildman–Crippen MR) is 205 cm³/mol. The minimum absolute atomic E-state index is 0.0153. The number of ether oxygens (including phenoxy) is 2. The number of methoxy groups -OCH3 is 1. The van der Waals surface area contributed by atoms with Crippen molar-refractivity contribution in [2.45, 2.75) is 99.5 Å². The van der Waals surface area contributed by atoms with Gasteiger partial charge in [0.05, 0.1) is 30.6 Å². The summed E-state index contributed by atoms with van der Waals surface area (Å²) in [5, 5.41) is 7.77. The number of carbonyl (C=O) groups is 2. The fraction of sp³-hybridized carbons (Fsp3) is 0.525. The van der Waals surface area contributed by atoms with Gasteiger partial charge >= 0.3 is 5.97 Å². The predicted octanol–water partition coefficient (Wildman–Crippen LogP) is 8.25. The summed E-state index contributed by atoms with van der Waals surface area (Å²) in [6.45, 7) is 24.6. The smallest absolute Gasteiger partial charge is 0.331 e. The number of nitrogens with zero attached hydrogens (tertiary/aromatic N) is 7. The molecule has 2 aromatic heterocycles. The maximum Gasteiger partial charge on any atom is 0.331 e. The number of esters is 1. The molecule has 0 spiro atoms. The molecular weight excluding hydrogens is 656 g/mol. The number of benzene rings is 1. The largest absolute Gasteiger partial charge is 0.496 e. The molecule has 1 fully saturated rings. The van der Waals surface area contributed by atoms with E-state index in [1.807, 2.05) is 26.0 Å². The summed E-state index contributed by atoms with van der Waals surface area (Å²) < 4.78 is 13.4. The molecule has 0 bridgehead atoms. The Morgan fingerprint density at radius 1 is 1.06 bits per heavy atom. The summed E-state index contributed by atoms with van der Waals surface area (Å²) in [4.78, 5) is 47.5. The van der Waals surface area contributed by atoms with Gasteiger partial charge in [-0.25, -0.2) is 29.3 Å². The molecular formula is C40H52N8O4. The van der Waals surface area contributed by atoms with Crippen LogP contribution >= 0.6 is 0 Å². The van der Waals surface area contributed by atoms with Crippen LogP contribution in [0.5, 0.6) is 5.75 Å². The van der Waals surface area contributed by atoms with Crippen molar-refractivity contribution in [1.82, 2.24) is 19.7 Å². The SMILES string of the molecule is [C-]#[N+]C1=C(C(=O)OC2C(C)CC(C)CC2C)c2nc(-c3cc(NC(=O)CCCC)ccc3OC)nn2/C1=N/c1ccc(N(CC)CCCC)nc1C. The molecule has 276 valence electrons. The number of fused-ring (bicyclic) bond motifs is 1. The molecule has 1 N–H and O–H groups in total. The van der Waals surface area contributed by atoms with E-state index in [4.69, 9.17) is 36.1 Å². The van der Waals surface area contributed by atoms with E-state index in [1.165, 1.54) is 4.68 Å². The van der Waals surface area contributed by atoms with Crippen LogP contribution in [0, 0.1) is 31.2 Å². The molecule has 1 aromatic carbocycles. The van der Waals surface area contributed by atoms with E-state index in [2.05, 4.69) is 49.7 Å². The zero-order valence-corrected chi connectivity index (χ0v) is 31.8. The molecule has 52 heavy (non-hydrogen) atoms. The number of aromatic nitrogens is 4. The average Bonchev–Trinajstić information content (AvgIpc) is 3.67. The van der Waals surface area contributed by atoms with Crippen LogP contribution in [0.3, 0.4) is 0 Å². The fourth-order valence-corrected chi connectivity index (χ4v) is 7.31. The standard InChI is InChI=1S/C40H52N8O4/c1-10-13-15-33(49)43-28-16-18-31(51-9)29(23-28)37-45-38-34(40(50)52-36-25(5)21-24(4)22-26(36)6)35(41-8)39(48(38)46-37)44-30-17-19-32(42-27(30)7)47(12-3)20-14-11-2/h16-19,23-26,36H,10-15,20-22H2,1-7,9H3,(H,43,49)/b44-39+. The van der Waals surface area contributed by atoms with E-state index in [1.54, 1.807) is 25.3 Å². The molecule has 12 nitrogen and oxygen atoms in total. The Hall–Kier alpha value is -5.05. The van der Waals surface area contributed by atoms with Gasteiger partial charge in [-0.2, -0.15) is 0 Å². The van der Waals surface area contributed by atoms with Crippen LogP contribution < -0.4 is 15.0 Å². The fourth-order valence-electron chi connectivity index (χ4n) is 7.31. The molecule has 1 saturated carbocycles. The number of carbonyl (C=O) groups excluding carboxylic acids is 2. The lowest BCUT2D eigenvalue weighted by atomic mass is 9.75. The third-order valence-corrected chi connectivity index (χ3v) is 9.95. The topological polar surface area (TPSA) is 128 Å². The molecule has 1 amide bonds. The molecule has 0 saturated heterocycles. The molecule has 2 aliphatic rings. The Morgan fingerprint density at radius 2 is 1.79 bits per heavy atom. The number of allylic oxidation sites excluding steroid dienone is 1. The number of anilines is 2. The summed E-state index contributed by atoms with van der Waals surface area (Å²) in [6, 6.07) is 9.07. The zero-order valence-electron chi connectivity index (χ0n) is 31.8. The summed E-state index contributed by atoms with van der Waals surface area (Å²) >= 11 is 0. The lowest BCUT2D eigenvalue weighted by Gasteiger charge is -2.37. The minimum Gasteiger partial charge on any atom is -0.496 e. The number of nitrogens with one attached hydrogen (secondary N) is 1. The quantitative estimate of drug-likeness (QED) is 0.131. The van der Waals surface area contributed by atoms with Crippen LogP contribution in [-0.2, 0) is 14.3 Å². The molecule has 2 unspecified atom stereocenters. The highest BCUT2D eigenvalue weighted by atomic mass is 16.5. The average molecular weight is 709 g/mol. The van der Waals surface area contributed by atoms with E-state index in [0.29, 0.717) is 40.7 Å². The number of hydrogen-bond acceptors (Lipinski definition) is 9. The first-order chi connectivity index (χ1) is 25.0. The van der Waals surface area contributed by atoms with Gasteiger partial charge in [0, 0.05) is 25.2 Å². The first-order valence-corrected chi connectivity index (χ1v) is 18.6. The minimum atomic E-state index is -0.627. The molecule has 5 rings (SSSR count). The third kappa shape index (κ3) is 8.19. The number of rotatable bonds is 14. The number of pyridine rings is 1. The molecule has 3 aromatic rings. The Labute approximate surface area is 307 Å². The third-order valence-electron chi connectivity index (χ3n) is 9.95. The Balaban J connectivity index is 1.61. The highest BCUT2D eigenvalue weighted by Crippen LogP contribution is 2.39. The number of amides is 1. The van der Waals surface area contributed by atoms with Crippen molar-refractivity contribution in [3.05, 3.63) is 59.0 Å². The van der Waals surface area contributed by atoms with Crippen LogP contribution in [0.25, 0.3) is 21.8 Å². The molecule has 3 heterocycles. The first-order valence-electron chi connectivity index (χ1n) is 18.6. The molecule has 2 atom stereocenters. The lowest BCUT2D eigenvalue weighted by molar-refractivity contribution is -0.150. The second-order valence-electron chi connectivity index (χ2n) is 14.1. The monoisotopic (exact) mass is 708 g/mol. The second-order valence-corrected chi connectivity index (χ2v) is 14.1. The van der Waals surface area contributed by atoms with Crippen molar-refractivity contribution in [3.63, 3.8) is 0 Å². The van der Waals surface area contributed by atoms with Gasteiger partial charge in [-0.15, -0.1) is 5.10 Å². The van der Waals surface area contributed by atoms with Crippen molar-refractivity contribution in [1.29, 1.82) is 0 Å². The van der Waals surface area contributed by atoms with Gasteiger partial charge in [0.15, 0.2) is 17.5 Å². The first kappa shape index (κ1) is 38.2. The Bertz CT molecular complexity index is 1880. The van der Waals surface area contributed by atoms with Gasteiger partial charge in [0.1, 0.15) is 23.2 Å². The van der Waals surface area contributed by atoms with Gasteiger partial charge in [0.2, 0.25) is 11.6 Å². The van der Waals surface area contributed by atoms with Crippen molar-refractivity contribution < 1.29 is 19.1 Å². The molecule has 0 radical (unpaired) electrons. The van der Waals surface area contributed by atoms with Crippen LogP contribution in [0.2, 0.25) is 0 Å². The molecule has 1 aliphatic carbocycles. The zero-order chi connectivity index (χ0) is 37.5. The molecule has 1 aliphatic heterocycles. The van der Waals surface area contributed by atoms with E-state index >= 15 is 0 Å². The van der Waals surface area contributed by atoms with Gasteiger partial charge in [0.25, 0.3) is 0 Å². The number of aliphatic imine (C=N–C) groups is 1. The second kappa shape index (κ2) is 17.0. The Morgan fingerprint density at radius 3 is 2.42 bits per heavy atom. The van der Waals surface area contributed by atoms with Crippen LogP contribution in [0.4, 0.5) is 17.2 Å². The summed E-state index contributed by atoms with van der Waals surface area (Å²) in [7, 11) is 1.55.